The van der Waals surface area contributed by atoms with Crippen molar-refractivity contribution in [3.05, 3.63) is 69.2 Å². The summed E-state index contributed by atoms with van der Waals surface area (Å²) in [6.45, 7) is 0. The van der Waals surface area contributed by atoms with Crippen LogP contribution in [0.4, 0.5) is 0 Å². The number of alkyl halides is 1. The first kappa shape index (κ1) is 14.9. The van der Waals surface area contributed by atoms with Gasteiger partial charge in [-0.05, 0) is 48.1 Å². The zero-order valence-electron chi connectivity index (χ0n) is 10.5. The lowest BCUT2D eigenvalue weighted by molar-refractivity contribution is 0.584. The van der Waals surface area contributed by atoms with Crippen molar-refractivity contribution in [1.82, 2.24) is 0 Å². The van der Waals surface area contributed by atoms with Crippen LogP contribution in [-0.4, -0.2) is 5.88 Å². The second kappa shape index (κ2) is 7.33. The molecule has 0 aliphatic heterocycles. The summed E-state index contributed by atoms with van der Waals surface area (Å²) in [6, 6.07) is 16.3. The van der Waals surface area contributed by atoms with Crippen molar-refractivity contribution in [3.63, 3.8) is 0 Å². The number of rotatable bonds is 5. The lowest BCUT2D eigenvalue weighted by Gasteiger charge is -2.15. The van der Waals surface area contributed by atoms with Crippen molar-refractivity contribution in [2.24, 2.45) is 5.92 Å². The molecule has 0 N–H and O–H groups in total. The highest BCUT2D eigenvalue weighted by atomic mass is 79.9. The molecule has 0 amide bonds. The third-order valence-corrected chi connectivity index (χ3v) is 4.40. The van der Waals surface area contributed by atoms with Crippen LogP contribution in [0.25, 0.3) is 0 Å². The fourth-order valence-electron chi connectivity index (χ4n) is 2.15. The van der Waals surface area contributed by atoms with Gasteiger partial charge in [0.25, 0.3) is 0 Å². The van der Waals surface area contributed by atoms with Crippen LogP contribution in [0.5, 0.6) is 0 Å². The van der Waals surface area contributed by atoms with Gasteiger partial charge in [0, 0.05) is 15.4 Å². The van der Waals surface area contributed by atoms with E-state index in [0.717, 1.165) is 22.3 Å². The summed E-state index contributed by atoms with van der Waals surface area (Å²) in [5, 5.41) is 0.826. The van der Waals surface area contributed by atoms with E-state index in [2.05, 4.69) is 40.2 Å². The molecule has 0 nitrogen and oxygen atoms in total. The molecular weight excluding hydrogens is 343 g/mol. The highest BCUT2D eigenvalue weighted by Crippen LogP contribution is 2.23. The zero-order chi connectivity index (χ0) is 13.7. The maximum Gasteiger partial charge on any atom is 0.0438 e. The Hall–Kier alpha value is -0.500. The molecule has 0 saturated heterocycles. The molecule has 0 radical (unpaired) electrons. The summed E-state index contributed by atoms with van der Waals surface area (Å²) < 4.78 is 1.11. The average Bonchev–Trinajstić information content (AvgIpc) is 2.40. The molecule has 2 rings (SSSR count). The summed E-state index contributed by atoms with van der Waals surface area (Å²) >= 11 is 15.8. The lowest BCUT2D eigenvalue weighted by Crippen LogP contribution is -2.10. The number of halogens is 3. The molecule has 0 aliphatic carbocycles. The number of benzene rings is 2. The van der Waals surface area contributed by atoms with Gasteiger partial charge in [0.2, 0.25) is 0 Å². The summed E-state index contributed by atoms with van der Waals surface area (Å²) in [5.41, 5.74) is 2.47. The smallest absolute Gasteiger partial charge is 0.0438 e. The molecule has 0 aromatic heterocycles. The molecule has 0 aliphatic rings. The first-order valence-electron chi connectivity index (χ1n) is 6.23. The van der Waals surface area contributed by atoms with Gasteiger partial charge in [-0.15, -0.1) is 11.6 Å². The number of hydrogen-bond acceptors (Lipinski definition) is 0. The van der Waals surface area contributed by atoms with Crippen LogP contribution in [0, 0.1) is 5.92 Å². The van der Waals surface area contributed by atoms with E-state index < -0.39 is 0 Å². The normalized spacial score (nSPS) is 12.4. The Kier molecular flexibility index (Phi) is 5.75. The minimum atomic E-state index is 0.399. The van der Waals surface area contributed by atoms with Crippen LogP contribution in [-0.2, 0) is 12.8 Å². The van der Waals surface area contributed by atoms with E-state index in [4.69, 9.17) is 23.2 Å². The Bertz CT molecular complexity index is 540. The topological polar surface area (TPSA) is 0 Å². The predicted molar refractivity (Wildman–Crippen MR) is 87.2 cm³/mol. The van der Waals surface area contributed by atoms with Crippen molar-refractivity contribution in [2.45, 2.75) is 12.8 Å². The van der Waals surface area contributed by atoms with Gasteiger partial charge in [-0.1, -0.05) is 57.9 Å². The molecule has 3 heteroatoms. The van der Waals surface area contributed by atoms with Gasteiger partial charge in [-0.2, -0.15) is 0 Å². The quantitative estimate of drug-likeness (QED) is 0.598. The van der Waals surface area contributed by atoms with Crippen molar-refractivity contribution < 1.29 is 0 Å². The molecule has 0 bridgehead atoms. The van der Waals surface area contributed by atoms with Crippen molar-refractivity contribution in [3.8, 4) is 0 Å². The summed E-state index contributed by atoms with van der Waals surface area (Å²) in [4.78, 5) is 0. The van der Waals surface area contributed by atoms with E-state index in [1.54, 1.807) is 0 Å². The second-order valence-corrected chi connectivity index (χ2v) is 6.28. The van der Waals surface area contributed by atoms with E-state index >= 15 is 0 Å². The van der Waals surface area contributed by atoms with Gasteiger partial charge in [-0.3, -0.25) is 0 Å². The third-order valence-electron chi connectivity index (χ3n) is 3.10. The van der Waals surface area contributed by atoms with Gasteiger partial charge < -0.3 is 0 Å². The first-order chi connectivity index (χ1) is 9.19. The zero-order valence-corrected chi connectivity index (χ0v) is 13.5. The SMILES string of the molecule is ClCC(Cc1cccc(Br)c1)Cc1ccccc1Cl. The largest absolute Gasteiger partial charge is 0.126 e. The molecule has 0 spiro atoms. The van der Waals surface area contributed by atoms with Crippen LogP contribution < -0.4 is 0 Å². The average molecular weight is 358 g/mol. The molecule has 2 aromatic carbocycles. The summed E-state index contributed by atoms with van der Waals surface area (Å²) in [5.74, 6) is 1.04. The minimum Gasteiger partial charge on any atom is -0.126 e. The van der Waals surface area contributed by atoms with Gasteiger partial charge in [0.05, 0.1) is 0 Å². The van der Waals surface area contributed by atoms with Crippen LogP contribution >= 0.6 is 39.1 Å². The Morgan fingerprint density at radius 1 is 1.00 bits per heavy atom. The molecule has 1 atom stereocenters. The molecule has 0 fully saturated rings. The number of hydrogen-bond donors (Lipinski definition) is 0. The third kappa shape index (κ3) is 4.52. The molecule has 19 heavy (non-hydrogen) atoms. The van der Waals surface area contributed by atoms with Gasteiger partial charge in [-0.25, -0.2) is 0 Å². The Morgan fingerprint density at radius 3 is 2.47 bits per heavy atom. The second-order valence-electron chi connectivity index (χ2n) is 4.65. The molecule has 0 heterocycles. The Balaban J connectivity index is 2.07. The molecule has 2 aromatic rings. The minimum absolute atomic E-state index is 0.399. The van der Waals surface area contributed by atoms with E-state index in [-0.39, 0.29) is 0 Å². The first-order valence-corrected chi connectivity index (χ1v) is 7.93. The molecule has 0 saturated carbocycles. The molecular formula is C16H15BrCl2. The van der Waals surface area contributed by atoms with E-state index in [1.165, 1.54) is 11.1 Å². The van der Waals surface area contributed by atoms with Gasteiger partial charge >= 0.3 is 0 Å². The maximum absolute atomic E-state index is 6.20. The van der Waals surface area contributed by atoms with E-state index in [9.17, 15) is 0 Å². The van der Waals surface area contributed by atoms with E-state index in [1.807, 2.05) is 24.3 Å². The van der Waals surface area contributed by atoms with Crippen LogP contribution in [0.1, 0.15) is 11.1 Å². The monoisotopic (exact) mass is 356 g/mol. The predicted octanol–water partition coefficient (Wildman–Crippen LogP) is 5.74. The van der Waals surface area contributed by atoms with Crippen molar-refractivity contribution >= 4 is 39.1 Å². The van der Waals surface area contributed by atoms with Crippen LogP contribution in [0.2, 0.25) is 5.02 Å². The standard InChI is InChI=1S/C16H15BrCl2/c17-15-6-3-4-12(10-15)8-13(11-18)9-14-5-1-2-7-16(14)19/h1-7,10,13H,8-9,11H2. The molecule has 100 valence electrons. The van der Waals surface area contributed by atoms with Crippen LogP contribution in [0.3, 0.4) is 0 Å². The fourth-order valence-corrected chi connectivity index (χ4v) is 3.03. The molecule has 1 unspecified atom stereocenters. The Labute approximate surface area is 132 Å². The highest BCUT2D eigenvalue weighted by molar-refractivity contribution is 9.10. The van der Waals surface area contributed by atoms with Crippen LogP contribution in [0.15, 0.2) is 53.0 Å². The fraction of sp³-hybridized carbons (Fsp3) is 0.250. The summed E-state index contributed by atoms with van der Waals surface area (Å²) in [7, 11) is 0. The van der Waals surface area contributed by atoms with Gasteiger partial charge in [0.15, 0.2) is 0 Å². The highest BCUT2D eigenvalue weighted by Gasteiger charge is 2.11. The maximum atomic E-state index is 6.20. The van der Waals surface area contributed by atoms with E-state index in [0.29, 0.717) is 11.8 Å². The van der Waals surface area contributed by atoms with Crippen molar-refractivity contribution in [2.75, 3.05) is 5.88 Å². The summed E-state index contributed by atoms with van der Waals surface area (Å²) in [6.07, 6.45) is 1.88. The lowest BCUT2D eigenvalue weighted by atomic mass is 9.94. The Morgan fingerprint density at radius 2 is 1.79 bits per heavy atom. The van der Waals surface area contributed by atoms with Crippen molar-refractivity contribution in [1.29, 1.82) is 0 Å². The van der Waals surface area contributed by atoms with Gasteiger partial charge in [0.1, 0.15) is 0 Å².